The van der Waals surface area contributed by atoms with Crippen molar-refractivity contribution in [1.29, 1.82) is 0 Å². The smallest absolute Gasteiger partial charge is 0.0927 e. The quantitative estimate of drug-likeness (QED) is 0.781. The minimum atomic E-state index is -0.0761. The van der Waals surface area contributed by atoms with Gasteiger partial charge >= 0.3 is 0 Å². The second-order valence-corrected chi connectivity index (χ2v) is 4.41. The van der Waals surface area contributed by atoms with Gasteiger partial charge in [-0.1, -0.05) is 19.1 Å². The molecule has 1 aliphatic carbocycles. The van der Waals surface area contributed by atoms with Crippen molar-refractivity contribution in [3.63, 3.8) is 0 Å². The Morgan fingerprint density at radius 3 is 2.93 bits per heavy atom. The van der Waals surface area contributed by atoms with E-state index in [2.05, 4.69) is 23.2 Å². The zero-order valence-corrected chi connectivity index (χ0v) is 8.88. The molecule has 78 valence electrons. The van der Waals surface area contributed by atoms with E-state index < -0.39 is 0 Å². The molecule has 0 unspecified atom stereocenters. The summed E-state index contributed by atoms with van der Waals surface area (Å²) in [5.41, 5.74) is 9.72. The fourth-order valence-corrected chi connectivity index (χ4v) is 2.21. The third-order valence-electron chi connectivity index (χ3n) is 3.33. The van der Waals surface area contributed by atoms with E-state index in [1.807, 2.05) is 12.1 Å². The van der Waals surface area contributed by atoms with Crippen molar-refractivity contribution in [3.05, 3.63) is 29.5 Å². The number of hydrogen-bond acceptors (Lipinski definition) is 2. The average molecular weight is 201 g/mol. The van der Waals surface area contributed by atoms with Gasteiger partial charge in [0.05, 0.1) is 5.52 Å². The van der Waals surface area contributed by atoms with Crippen LogP contribution in [0.4, 0.5) is 0 Å². The van der Waals surface area contributed by atoms with Crippen molar-refractivity contribution >= 4 is 10.9 Å². The van der Waals surface area contributed by atoms with Crippen molar-refractivity contribution in [2.24, 2.45) is 5.73 Å². The number of benzene rings is 1. The summed E-state index contributed by atoms with van der Waals surface area (Å²) in [5, 5.41) is 8.66. The normalized spacial score (nSPS) is 18.3. The van der Waals surface area contributed by atoms with Crippen LogP contribution in [0.2, 0.25) is 0 Å². The third-order valence-corrected chi connectivity index (χ3v) is 3.33. The lowest BCUT2D eigenvalue weighted by molar-refractivity contribution is 0.747. The maximum atomic E-state index is 6.28. The highest BCUT2D eigenvalue weighted by molar-refractivity contribution is 5.86. The lowest BCUT2D eigenvalue weighted by Crippen LogP contribution is -2.19. The first-order valence-corrected chi connectivity index (χ1v) is 5.50. The standard InChI is InChI=1S/C12H15N3/c1-2-9-11-8(12(13)6-7-12)4-3-5-10(11)15-14-9/h3-5H,2,6-7,13H2,1H3,(H,14,15). The molecule has 1 aromatic heterocycles. The maximum Gasteiger partial charge on any atom is 0.0927 e. The van der Waals surface area contributed by atoms with Gasteiger partial charge in [-0.05, 0) is 30.9 Å². The molecule has 15 heavy (non-hydrogen) atoms. The molecule has 2 aromatic rings. The van der Waals surface area contributed by atoms with E-state index in [-0.39, 0.29) is 5.54 Å². The molecule has 1 heterocycles. The molecule has 0 bridgehead atoms. The number of nitrogens with two attached hydrogens (primary N) is 1. The van der Waals surface area contributed by atoms with Gasteiger partial charge in [-0.2, -0.15) is 5.10 Å². The highest BCUT2D eigenvalue weighted by Crippen LogP contribution is 2.45. The van der Waals surface area contributed by atoms with Gasteiger partial charge in [-0.3, -0.25) is 5.10 Å². The molecule has 3 rings (SSSR count). The van der Waals surface area contributed by atoms with E-state index in [4.69, 9.17) is 5.73 Å². The van der Waals surface area contributed by atoms with Crippen molar-refractivity contribution in [2.45, 2.75) is 31.7 Å². The predicted octanol–water partition coefficient (Wildman–Crippen LogP) is 2.07. The summed E-state index contributed by atoms with van der Waals surface area (Å²) in [4.78, 5) is 0. The summed E-state index contributed by atoms with van der Waals surface area (Å²) in [6, 6.07) is 6.23. The number of nitrogens with zero attached hydrogens (tertiary/aromatic N) is 1. The summed E-state index contributed by atoms with van der Waals surface area (Å²) >= 11 is 0. The molecule has 1 fully saturated rings. The van der Waals surface area contributed by atoms with Gasteiger partial charge in [0.2, 0.25) is 0 Å². The minimum absolute atomic E-state index is 0.0761. The number of aryl methyl sites for hydroxylation is 1. The molecule has 3 nitrogen and oxygen atoms in total. The van der Waals surface area contributed by atoms with Crippen LogP contribution in [0.5, 0.6) is 0 Å². The summed E-state index contributed by atoms with van der Waals surface area (Å²) in [5.74, 6) is 0. The zero-order chi connectivity index (χ0) is 10.5. The predicted molar refractivity (Wildman–Crippen MR) is 60.6 cm³/mol. The van der Waals surface area contributed by atoms with Crippen molar-refractivity contribution < 1.29 is 0 Å². The van der Waals surface area contributed by atoms with Crippen LogP contribution in [-0.2, 0) is 12.0 Å². The summed E-state index contributed by atoms with van der Waals surface area (Å²) in [7, 11) is 0. The number of nitrogens with one attached hydrogen (secondary N) is 1. The largest absolute Gasteiger partial charge is 0.321 e. The number of aromatic nitrogens is 2. The lowest BCUT2D eigenvalue weighted by atomic mass is 9.99. The van der Waals surface area contributed by atoms with E-state index in [1.165, 1.54) is 16.6 Å². The SMILES string of the molecule is CCc1[nH]nc2cccc(C3(N)CC3)c12. The van der Waals surface area contributed by atoms with E-state index in [0.29, 0.717) is 0 Å². The van der Waals surface area contributed by atoms with Crippen LogP contribution in [0, 0.1) is 0 Å². The molecule has 1 saturated carbocycles. The second-order valence-electron chi connectivity index (χ2n) is 4.41. The Labute approximate surface area is 88.7 Å². The lowest BCUT2D eigenvalue weighted by Gasteiger charge is -2.11. The molecule has 0 atom stereocenters. The molecular weight excluding hydrogens is 186 g/mol. The third kappa shape index (κ3) is 1.20. The Morgan fingerprint density at radius 2 is 2.27 bits per heavy atom. The first-order valence-electron chi connectivity index (χ1n) is 5.50. The summed E-state index contributed by atoms with van der Waals surface area (Å²) < 4.78 is 0. The van der Waals surface area contributed by atoms with E-state index >= 15 is 0 Å². The van der Waals surface area contributed by atoms with Gasteiger partial charge in [0.25, 0.3) is 0 Å². The molecule has 0 aliphatic heterocycles. The molecule has 1 aliphatic rings. The molecule has 3 N–H and O–H groups in total. The van der Waals surface area contributed by atoms with Gasteiger partial charge in [0, 0.05) is 16.6 Å². The topological polar surface area (TPSA) is 54.7 Å². The van der Waals surface area contributed by atoms with Crippen molar-refractivity contribution in [1.82, 2.24) is 10.2 Å². The number of fused-ring (bicyclic) bond motifs is 1. The molecule has 0 radical (unpaired) electrons. The first kappa shape index (κ1) is 8.92. The van der Waals surface area contributed by atoms with Crippen LogP contribution >= 0.6 is 0 Å². The molecule has 1 aromatic carbocycles. The van der Waals surface area contributed by atoms with Gasteiger partial charge in [-0.25, -0.2) is 0 Å². The Morgan fingerprint density at radius 1 is 1.47 bits per heavy atom. The fraction of sp³-hybridized carbons (Fsp3) is 0.417. The maximum absolute atomic E-state index is 6.28. The Bertz CT molecular complexity index is 509. The van der Waals surface area contributed by atoms with Crippen LogP contribution in [0.25, 0.3) is 10.9 Å². The van der Waals surface area contributed by atoms with Gasteiger partial charge < -0.3 is 5.73 Å². The Hall–Kier alpha value is -1.35. The van der Waals surface area contributed by atoms with Crippen molar-refractivity contribution in [2.75, 3.05) is 0 Å². The molecule has 0 saturated heterocycles. The minimum Gasteiger partial charge on any atom is -0.321 e. The number of hydrogen-bond donors (Lipinski definition) is 2. The van der Waals surface area contributed by atoms with E-state index in [9.17, 15) is 0 Å². The van der Waals surface area contributed by atoms with Gasteiger partial charge in [0.15, 0.2) is 0 Å². The van der Waals surface area contributed by atoms with E-state index in [1.54, 1.807) is 0 Å². The Balaban J connectivity index is 2.32. The average Bonchev–Trinajstić information content (AvgIpc) is 2.87. The number of H-pyrrole nitrogens is 1. The molecule has 0 amide bonds. The fourth-order valence-electron chi connectivity index (χ4n) is 2.21. The molecular formula is C12H15N3. The number of rotatable bonds is 2. The van der Waals surface area contributed by atoms with Crippen LogP contribution in [-0.4, -0.2) is 10.2 Å². The van der Waals surface area contributed by atoms with Crippen molar-refractivity contribution in [3.8, 4) is 0 Å². The summed E-state index contributed by atoms with van der Waals surface area (Å²) in [6.45, 7) is 2.14. The summed E-state index contributed by atoms with van der Waals surface area (Å²) in [6.07, 6.45) is 3.17. The number of aromatic amines is 1. The molecule has 3 heteroatoms. The van der Waals surface area contributed by atoms with E-state index in [0.717, 1.165) is 24.8 Å². The second kappa shape index (κ2) is 2.83. The van der Waals surface area contributed by atoms with Gasteiger partial charge in [0.1, 0.15) is 0 Å². The van der Waals surface area contributed by atoms with Crippen LogP contribution in [0.3, 0.4) is 0 Å². The monoisotopic (exact) mass is 201 g/mol. The molecule has 0 spiro atoms. The highest BCUT2D eigenvalue weighted by atomic mass is 15.1. The first-order chi connectivity index (χ1) is 7.24. The highest BCUT2D eigenvalue weighted by Gasteiger charge is 2.41. The zero-order valence-electron chi connectivity index (χ0n) is 8.88. The Kier molecular flexibility index (Phi) is 1.68. The van der Waals surface area contributed by atoms with Crippen LogP contribution < -0.4 is 5.73 Å². The van der Waals surface area contributed by atoms with Crippen LogP contribution in [0.1, 0.15) is 31.0 Å². The van der Waals surface area contributed by atoms with Gasteiger partial charge in [-0.15, -0.1) is 0 Å². The van der Waals surface area contributed by atoms with Crippen LogP contribution in [0.15, 0.2) is 18.2 Å².